The Morgan fingerprint density at radius 2 is 2.21 bits per heavy atom. The SMILES string of the molecule is N#C[C@H](Cc1ccc(C2CCNC(=O)C2)cc1F)NC(=O)[C@H]1N[C@@H]2CC[C@H]1C2. The van der Waals surface area contributed by atoms with Crippen LogP contribution in [0.5, 0.6) is 0 Å². The first-order valence-corrected chi connectivity index (χ1v) is 10.0. The summed E-state index contributed by atoms with van der Waals surface area (Å²) < 4.78 is 14.6. The largest absolute Gasteiger partial charge is 0.356 e. The number of nitrogens with zero attached hydrogens (tertiary/aromatic N) is 1. The molecular formula is C21H25FN4O2. The van der Waals surface area contributed by atoms with Gasteiger partial charge in [0, 0.05) is 25.4 Å². The minimum atomic E-state index is -0.769. The van der Waals surface area contributed by atoms with Gasteiger partial charge >= 0.3 is 0 Å². The van der Waals surface area contributed by atoms with Crippen LogP contribution in [0.15, 0.2) is 18.2 Å². The van der Waals surface area contributed by atoms with E-state index in [1.165, 1.54) is 6.07 Å². The number of hydrogen-bond donors (Lipinski definition) is 3. The fourth-order valence-electron chi connectivity index (χ4n) is 4.81. The van der Waals surface area contributed by atoms with E-state index < -0.39 is 11.9 Å². The lowest BCUT2D eigenvalue weighted by Crippen LogP contribution is -2.50. The third-order valence-corrected chi connectivity index (χ3v) is 6.33. The molecule has 1 aromatic carbocycles. The van der Waals surface area contributed by atoms with E-state index in [4.69, 9.17) is 0 Å². The highest BCUT2D eigenvalue weighted by atomic mass is 19.1. The van der Waals surface area contributed by atoms with E-state index in [0.29, 0.717) is 30.5 Å². The Bertz CT molecular complexity index is 821. The molecule has 1 saturated carbocycles. The molecule has 28 heavy (non-hydrogen) atoms. The molecule has 0 aromatic heterocycles. The Labute approximate surface area is 163 Å². The molecule has 2 aliphatic heterocycles. The van der Waals surface area contributed by atoms with Crippen LogP contribution in [0.3, 0.4) is 0 Å². The molecule has 2 amide bonds. The van der Waals surface area contributed by atoms with Gasteiger partial charge < -0.3 is 16.0 Å². The third-order valence-electron chi connectivity index (χ3n) is 6.33. The molecule has 148 valence electrons. The number of halogens is 1. The second-order valence-electron chi connectivity index (χ2n) is 8.20. The van der Waals surface area contributed by atoms with Gasteiger partial charge in [-0.3, -0.25) is 9.59 Å². The average molecular weight is 384 g/mol. The predicted molar refractivity (Wildman–Crippen MR) is 101 cm³/mol. The standard InChI is InChI=1S/C21H25FN4O2/c22-18-9-12(13-5-6-24-19(27)10-13)1-2-14(18)7-17(11-23)26-21(28)20-15-3-4-16(8-15)25-20/h1-2,9,13,15-17,20,25H,3-8,10H2,(H,24,27)(H,26,28)/t13?,15-,16+,17-,20-/m0/s1. The van der Waals surface area contributed by atoms with E-state index >= 15 is 0 Å². The van der Waals surface area contributed by atoms with Crippen molar-refractivity contribution in [3.05, 3.63) is 35.1 Å². The van der Waals surface area contributed by atoms with Crippen LogP contribution < -0.4 is 16.0 Å². The molecule has 1 aliphatic carbocycles. The molecule has 0 radical (unpaired) electrons. The van der Waals surface area contributed by atoms with Gasteiger partial charge in [-0.05, 0) is 54.7 Å². The minimum Gasteiger partial charge on any atom is -0.356 e. The normalized spacial score (nSPS) is 29.8. The Morgan fingerprint density at radius 1 is 1.36 bits per heavy atom. The molecule has 5 atom stereocenters. The first kappa shape index (κ1) is 18.9. The maximum Gasteiger partial charge on any atom is 0.238 e. The summed E-state index contributed by atoms with van der Waals surface area (Å²) in [5.74, 6) is -0.206. The number of fused-ring (bicyclic) bond motifs is 2. The van der Waals surface area contributed by atoms with Gasteiger partial charge in [-0.15, -0.1) is 0 Å². The molecule has 1 aromatic rings. The summed E-state index contributed by atoms with van der Waals surface area (Å²) >= 11 is 0. The first-order chi connectivity index (χ1) is 13.5. The number of carbonyl (C=O) groups excluding carboxylic acids is 2. The lowest BCUT2D eigenvalue weighted by atomic mass is 9.88. The van der Waals surface area contributed by atoms with Gasteiger partial charge in [0.15, 0.2) is 0 Å². The van der Waals surface area contributed by atoms with E-state index in [1.807, 2.05) is 6.07 Å². The van der Waals surface area contributed by atoms with Crippen molar-refractivity contribution in [3.63, 3.8) is 0 Å². The molecule has 2 bridgehead atoms. The Morgan fingerprint density at radius 3 is 2.86 bits per heavy atom. The van der Waals surface area contributed by atoms with E-state index in [9.17, 15) is 19.2 Å². The average Bonchev–Trinajstić information content (AvgIpc) is 3.32. The zero-order chi connectivity index (χ0) is 19.7. The smallest absolute Gasteiger partial charge is 0.238 e. The second kappa shape index (κ2) is 7.88. The van der Waals surface area contributed by atoms with Gasteiger partial charge in [0.2, 0.25) is 11.8 Å². The van der Waals surface area contributed by atoms with Crippen molar-refractivity contribution in [1.82, 2.24) is 16.0 Å². The van der Waals surface area contributed by atoms with Crippen molar-refractivity contribution in [2.24, 2.45) is 5.92 Å². The molecule has 4 rings (SSSR count). The van der Waals surface area contributed by atoms with Crippen LogP contribution >= 0.6 is 0 Å². The number of hydrogen-bond acceptors (Lipinski definition) is 4. The number of carbonyl (C=O) groups is 2. The van der Waals surface area contributed by atoms with Gasteiger partial charge in [-0.1, -0.05) is 12.1 Å². The van der Waals surface area contributed by atoms with E-state index in [2.05, 4.69) is 22.0 Å². The van der Waals surface area contributed by atoms with Crippen LogP contribution in [0.1, 0.15) is 49.1 Å². The summed E-state index contributed by atoms with van der Waals surface area (Å²) in [6.45, 7) is 0.604. The molecule has 3 N–H and O–H groups in total. The topological polar surface area (TPSA) is 94.0 Å². The predicted octanol–water partition coefficient (Wildman–Crippen LogP) is 1.51. The number of nitrogens with one attached hydrogen (secondary N) is 3. The summed E-state index contributed by atoms with van der Waals surface area (Å²) in [6, 6.07) is 6.45. The monoisotopic (exact) mass is 384 g/mol. The van der Waals surface area contributed by atoms with E-state index in [0.717, 1.165) is 31.2 Å². The van der Waals surface area contributed by atoms with Gasteiger partial charge in [0.25, 0.3) is 0 Å². The van der Waals surface area contributed by atoms with Gasteiger partial charge in [0.05, 0.1) is 12.1 Å². The van der Waals surface area contributed by atoms with Gasteiger partial charge in [-0.2, -0.15) is 5.26 Å². The molecule has 0 spiro atoms. The van der Waals surface area contributed by atoms with Crippen LogP contribution in [0.2, 0.25) is 0 Å². The Hall–Kier alpha value is -2.46. The number of rotatable bonds is 5. The van der Waals surface area contributed by atoms with Crippen molar-refractivity contribution in [2.45, 2.75) is 62.6 Å². The highest BCUT2D eigenvalue weighted by Crippen LogP contribution is 2.35. The molecule has 2 heterocycles. The minimum absolute atomic E-state index is 0.0118. The van der Waals surface area contributed by atoms with Crippen molar-refractivity contribution in [1.29, 1.82) is 5.26 Å². The molecule has 3 aliphatic rings. The molecule has 6 nitrogen and oxygen atoms in total. The highest BCUT2D eigenvalue weighted by Gasteiger charge is 2.43. The van der Waals surface area contributed by atoms with Crippen LogP contribution in [-0.4, -0.2) is 36.5 Å². The second-order valence-corrected chi connectivity index (χ2v) is 8.20. The molecule has 2 saturated heterocycles. The van der Waals surface area contributed by atoms with E-state index in [-0.39, 0.29) is 30.2 Å². The van der Waals surface area contributed by atoms with Crippen LogP contribution in [0.4, 0.5) is 4.39 Å². The Kier molecular flexibility index (Phi) is 5.31. The van der Waals surface area contributed by atoms with Crippen LogP contribution in [0, 0.1) is 23.1 Å². The maximum absolute atomic E-state index is 14.6. The van der Waals surface area contributed by atoms with Crippen molar-refractivity contribution >= 4 is 11.8 Å². The van der Waals surface area contributed by atoms with Crippen molar-refractivity contribution < 1.29 is 14.0 Å². The van der Waals surface area contributed by atoms with E-state index in [1.54, 1.807) is 6.07 Å². The Balaban J connectivity index is 1.38. The van der Waals surface area contributed by atoms with Gasteiger partial charge in [0.1, 0.15) is 11.9 Å². The molecule has 7 heteroatoms. The first-order valence-electron chi connectivity index (χ1n) is 10.0. The zero-order valence-electron chi connectivity index (χ0n) is 15.7. The quantitative estimate of drug-likeness (QED) is 0.717. The lowest BCUT2D eigenvalue weighted by Gasteiger charge is -2.24. The number of piperidine rings is 2. The molecule has 3 fully saturated rings. The summed E-state index contributed by atoms with van der Waals surface area (Å²) in [4.78, 5) is 24.1. The number of amides is 2. The summed E-state index contributed by atoms with van der Waals surface area (Å²) in [5, 5.41) is 18.3. The fourth-order valence-corrected chi connectivity index (χ4v) is 4.81. The number of nitriles is 1. The summed E-state index contributed by atoms with van der Waals surface area (Å²) in [5.41, 5.74) is 1.21. The van der Waals surface area contributed by atoms with Gasteiger partial charge in [-0.25, -0.2) is 4.39 Å². The zero-order valence-corrected chi connectivity index (χ0v) is 15.7. The highest BCUT2D eigenvalue weighted by molar-refractivity contribution is 5.83. The third kappa shape index (κ3) is 3.88. The molecule has 1 unspecified atom stereocenters. The molecular weight excluding hydrogens is 359 g/mol. The maximum atomic E-state index is 14.6. The van der Waals surface area contributed by atoms with Crippen LogP contribution in [-0.2, 0) is 16.0 Å². The van der Waals surface area contributed by atoms with Crippen LogP contribution in [0.25, 0.3) is 0 Å². The lowest BCUT2D eigenvalue weighted by molar-refractivity contribution is -0.124. The number of benzene rings is 1. The van der Waals surface area contributed by atoms with Crippen molar-refractivity contribution in [2.75, 3.05) is 6.54 Å². The van der Waals surface area contributed by atoms with Crippen molar-refractivity contribution in [3.8, 4) is 6.07 Å². The summed E-state index contributed by atoms with van der Waals surface area (Å²) in [7, 11) is 0. The fraction of sp³-hybridized carbons (Fsp3) is 0.571. The summed E-state index contributed by atoms with van der Waals surface area (Å²) in [6.07, 6.45) is 4.45.